The molecule has 0 aromatic carbocycles. The second-order valence-corrected chi connectivity index (χ2v) is 7.28. The summed E-state index contributed by atoms with van der Waals surface area (Å²) < 4.78 is 5.98. The van der Waals surface area contributed by atoms with Gasteiger partial charge in [-0.15, -0.1) is 0 Å². The van der Waals surface area contributed by atoms with Gasteiger partial charge in [0.15, 0.2) is 0 Å². The Hall–Kier alpha value is -0.800. The normalized spacial score (nSPS) is 15.6. The quantitative estimate of drug-likeness (QED) is 0.705. The molecule has 3 nitrogen and oxygen atoms in total. The van der Waals surface area contributed by atoms with Gasteiger partial charge < -0.3 is 9.73 Å². The minimum absolute atomic E-state index is 0.681. The molecule has 1 saturated carbocycles. The number of hydrogen-bond donors (Lipinski definition) is 1. The molecule has 120 valence electrons. The van der Waals surface area contributed by atoms with Crippen LogP contribution in [0.3, 0.4) is 0 Å². The lowest BCUT2D eigenvalue weighted by Crippen LogP contribution is -2.27. The maximum Gasteiger partial charge on any atom is 0.118 e. The van der Waals surface area contributed by atoms with Crippen LogP contribution in [0.4, 0.5) is 0 Å². The fourth-order valence-electron chi connectivity index (χ4n) is 2.54. The maximum atomic E-state index is 5.98. The Bertz CT molecular complexity index is 407. The molecule has 1 aromatic heterocycles. The zero-order valence-electron chi connectivity index (χ0n) is 14.2. The molecule has 1 N–H and O–H groups in total. The van der Waals surface area contributed by atoms with Crippen molar-refractivity contribution in [2.45, 2.75) is 66.1 Å². The van der Waals surface area contributed by atoms with Crippen molar-refractivity contribution in [1.82, 2.24) is 10.2 Å². The van der Waals surface area contributed by atoms with Crippen LogP contribution in [-0.2, 0) is 13.1 Å². The monoisotopic (exact) mass is 292 g/mol. The number of rotatable bonds is 10. The fraction of sp³-hybridized carbons (Fsp3) is 0.778. The highest BCUT2D eigenvalue weighted by molar-refractivity contribution is 5.07. The number of nitrogens with zero attached hydrogens (tertiary/aromatic N) is 1. The number of nitrogens with one attached hydrogen (secondary N) is 1. The van der Waals surface area contributed by atoms with Crippen molar-refractivity contribution >= 4 is 0 Å². The summed E-state index contributed by atoms with van der Waals surface area (Å²) in [4.78, 5) is 2.60. The SMILES string of the molecule is CC(C)CCN(Cc1ccc(CNCC(C)C)o1)C1CC1. The van der Waals surface area contributed by atoms with Crippen LogP contribution in [0.1, 0.15) is 58.5 Å². The molecule has 1 aliphatic rings. The molecule has 1 aliphatic carbocycles. The Morgan fingerprint density at radius 3 is 2.48 bits per heavy atom. The van der Waals surface area contributed by atoms with Gasteiger partial charge in [0.1, 0.15) is 11.5 Å². The van der Waals surface area contributed by atoms with Crippen LogP contribution in [0, 0.1) is 11.8 Å². The number of furan rings is 1. The van der Waals surface area contributed by atoms with E-state index < -0.39 is 0 Å². The molecular formula is C18H32N2O. The van der Waals surface area contributed by atoms with E-state index in [2.05, 4.69) is 50.0 Å². The van der Waals surface area contributed by atoms with Crippen molar-refractivity contribution in [2.75, 3.05) is 13.1 Å². The molecule has 0 radical (unpaired) electrons. The topological polar surface area (TPSA) is 28.4 Å². The van der Waals surface area contributed by atoms with Gasteiger partial charge in [-0.3, -0.25) is 4.90 Å². The summed E-state index contributed by atoms with van der Waals surface area (Å²) in [6, 6.07) is 5.07. The first-order chi connectivity index (χ1) is 10.0. The minimum Gasteiger partial charge on any atom is -0.463 e. The molecule has 0 aliphatic heterocycles. The van der Waals surface area contributed by atoms with Gasteiger partial charge in [-0.25, -0.2) is 0 Å². The molecule has 1 fully saturated rings. The predicted molar refractivity (Wildman–Crippen MR) is 88.1 cm³/mol. The van der Waals surface area contributed by atoms with Crippen LogP contribution in [0.2, 0.25) is 0 Å². The van der Waals surface area contributed by atoms with E-state index in [1.807, 2.05) is 0 Å². The summed E-state index contributed by atoms with van der Waals surface area (Å²) in [7, 11) is 0. The van der Waals surface area contributed by atoms with Crippen molar-refractivity contribution in [3.63, 3.8) is 0 Å². The molecule has 21 heavy (non-hydrogen) atoms. The van der Waals surface area contributed by atoms with E-state index in [4.69, 9.17) is 4.42 Å². The highest BCUT2D eigenvalue weighted by Gasteiger charge is 2.29. The Balaban J connectivity index is 1.79. The van der Waals surface area contributed by atoms with Crippen molar-refractivity contribution in [3.8, 4) is 0 Å². The lowest BCUT2D eigenvalue weighted by molar-refractivity contribution is 0.219. The summed E-state index contributed by atoms with van der Waals surface area (Å²) in [5.41, 5.74) is 0. The maximum absolute atomic E-state index is 5.98. The summed E-state index contributed by atoms with van der Waals surface area (Å²) in [6.07, 6.45) is 4.00. The van der Waals surface area contributed by atoms with Crippen molar-refractivity contribution in [3.05, 3.63) is 23.7 Å². The molecule has 0 unspecified atom stereocenters. The molecular weight excluding hydrogens is 260 g/mol. The number of hydrogen-bond acceptors (Lipinski definition) is 3. The smallest absolute Gasteiger partial charge is 0.118 e. The molecule has 1 heterocycles. The Morgan fingerprint density at radius 2 is 1.86 bits per heavy atom. The third-order valence-electron chi connectivity index (χ3n) is 3.98. The van der Waals surface area contributed by atoms with Crippen molar-refractivity contribution in [1.29, 1.82) is 0 Å². The summed E-state index contributed by atoms with van der Waals surface area (Å²) in [6.45, 7) is 13.1. The van der Waals surface area contributed by atoms with Crippen LogP contribution in [0.25, 0.3) is 0 Å². The van der Waals surface area contributed by atoms with Gasteiger partial charge in [0.05, 0.1) is 13.1 Å². The summed E-state index contributed by atoms with van der Waals surface area (Å²) in [5.74, 6) is 3.64. The molecule has 0 bridgehead atoms. The van der Waals surface area contributed by atoms with Crippen LogP contribution in [0.5, 0.6) is 0 Å². The van der Waals surface area contributed by atoms with E-state index in [0.717, 1.165) is 43.1 Å². The van der Waals surface area contributed by atoms with Gasteiger partial charge in [-0.1, -0.05) is 27.7 Å². The summed E-state index contributed by atoms with van der Waals surface area (Å²) in [5, 5.41) is 3.44. The molecule has 2 rings (SSSR count). The van der Waals surface area contributed by atoms with Gasteiger partial charge >= 0.3 is 0 Å². The van der Waals surface area contributed by atoms with E-state index in [1.54, 1.807) is 0 Å². The van der Waals surface area contributed by atoms with E-state index in [0.29, 0.717) is 5.92 Å². The van der Waals surface area contributed by atoms with Crippen molar-refractivity contribution in [2.24, 2.45) is 11.8 Å². The van der Waals surface area contributed by atoms with E-state index >= 15 is 0 Å². The highest BCUT2D eigenvalue weighted by Crippen LogP contribution is 2.29. The zero-order valence-corrected chi connectivity index (χ0v) is 14.2. The van der Waals surface area contributed by atoms with Crippen LogP contribution in [0.15, 0.2) is 16.5 Å². The second-order valence-electron chi connectivity index (χ2n) is 7.28. The van der Waals surface area contributed by atoms with Crippen LogP contribution in [-0.4, -0.2) is 24.0 Å². The van der Waals surface area contributed by atoms with Crippen molar-refractivity contribution < 1.29 is 4.42 Å². The Morgan fingerprint density at radius 1 is 1.14 bits per heavy atom. The standard InChI is InChI=1S/C18H32N2O/c1-14(2)9-10-20(16-5-6-16)13-18-8-7-17(21-18)12-19-11-15(3)4/h7-8,14-16,19H,5-6,9-13H2,1-4H3. The van der Waals surface area contributed by atoms with Gasteiger partial charge in [-0.05, 0) is 56.3 Å². The Kier molecular flexibility index (Phi) is 6.31. The minimum atomic E-state index is 0.681. The molecule has 0 amide bonds. The van der Waals surface area contributed by atoms with E-state index in [1.165, 1.54) is 25.8 Å². The first kappa shape index (κ1) is 16.6. The van der Waals surface area contributed by atoms with E-state index in [9.17, 15) is 0 Å². The average molecular weight is 292 g/mol. The van der Waals surface area contributed by atoms with Gasteiger partial charge in [0, 0.05) is 6.04 Å². The lowest BCUT2D eigenvalue weighted by Gasteiger charge is -2.21. The van der Waals surface area contributed by atoms with Gasteiger partial charge in [0.2, 0.25) is 0 Å². The van der Waals surface area contributed by atoms with Gasteiger partial charge in [0.25, 0.3) is 0 Å². The molecule has 0 spiro atoms. The van der Waals surface area contributed by atoms with Crippen LogP contribution >= 0.6 is 0 Å². The second kappa shape index (κ2) is 8.00. The average Bonchev–Trinajstić information content (AvgIpc) is 3.16. The molecule has 0 atom stereocenters. The first-order valence-corrected chi connectivity index (χ1v) is 8.57. The lowest BCUT2D eigenvalue weighted by atomic mass is 10.1. The highest BCUT2D eigenvalue weighted by atomic mass is 16.3. The third kappa shape index (κ3) is 6.23. The van der Waals surface area contributed by atoms with Gasteiger partial charge in [-0.2, -0.15) is 0 Å². The van der Waals surface area contributed by atoms with Crippen LogP contribution < -0.4 is 5.32 Å². The Labute approximate surface area is 130 Å². The zero-order chi connectivity index (χ0) is 15.2. The van der Waals surface area contributed by atoms with E-state index in [-0.39, 0.29) is 0 Å². The molecule has 1 aromatic rings. The molecule has 3 heteroatoms. The summed E-state index contributed by atoms with van der Waals surface area (Å²) >= 11 is 0. The largest absolute Gasteiger partial charge is 0.463 e. The molecule has 0 saturated heterocycles. The fourth-order valence-corrected chi connectivity index (χ4v) is 2.54. The predicted octanol–water partition coefficient (Wildman–Crippen LogP) is 4.04. The third-order valence-corrected chi connectivity index (χ3v) is 3.98. The first-order valence-electron chi connectivity index (χ1n) is 8.57.